The number of ether oxygens (including phenoxy) is 2. The van der Waals surface area contributed by atoms with E-state index >= 15 is 0 Å². The van der Waals surface area contributed by atoms with Crippen LogP contribution in [0.3, 0.4) is 0 Å². The van der Waals surface area contributed by atoms with Gasteiger partial charge in [-0.15, -0.1) is 11.8 Å². The molecule has 0 bridgehead atoms. The third kappa shape index (κ3) is 5.99. The summed E-state index contributed by atoms with van der Waals surface area (Å²) in [4.78, 5) is 12.2. The second kappa shape index (κ2) is 10.5. The highest BCUT2D eigenvalue weighted by molar-refractivity contribution is 7.99. The Morgan fingerprint density at radius 3 is 2.72 bits per heavy atom. The lowest BCUT2D eigenvalue weighted by Gasteiger charge is -2.13. The Morgan fingerprint density at radius 1 is 1.07 bits per heavy atom. The maximum absolute atomic E-state index is 10.9. The third-order valence-electron chi connectivity index (χ3n) is 4.05. The predicted octanol–water partition coefficient (Wildman–Crippen LogP) is 4.88. The van der Waals surface area contributed by atoms with Crippen molar-refractivity contribution >= 4 is 34.7 Å². The van der Waals surface area contributed by atoms with Crippen molar-refractivity contribution in [2.24, 2.45) is 5.10 Å². The first kappa shape index (κ1) is 20.7. The summed E-state index contributed by atoms with van der Waals surface area (Å²) in [5, 5.41) is 6.39. The first-order valence-electron chi connectivity index (χ1n) is 9.47. The number of hydrogen-bond acceptors (Lipinski definition) is 5. The SMILES string of the molecule is CCOc1cc(C=NNC(C)=O)ccc1OCCSc1cccc2ccccc12. The fourth-order valence-electron chi connectivity index (χ4n) is 2.82. The van der Waals surface area contributed by atoms with Crippen LogP contribution in [0.4, 0.5) is 0 Å². The second-order valence-corrected chi connectivity index (χ2v) is 7.38. The van der Waals surface area contributed by atoms with E-state index in [1.54, 1.807) is 18.0 Å². The molecule has 0 aromatic heterocycles. The van der Waals surface area contributed by atoms with E-state index in [9.17, 15) is 4.79 Å². The van der Waals surface area contributed by atoms with Crippen LogP contribution in [-0.2, 0) is 4.79 Å². The number of fused-ring (bicyclic) bond motifs is 1. The number of benzene rings is 3. The minimum Gasteiger partial charge on any atom is -0.490 e. The van der Waals surface area contributed by atoms with Gasteiger partial charge in [0, 0.05) is 17.6 Å². The van der Waals surface area contributed by atoms with Gasteiger partial charge in [-0.2, -0.15) is 5.10 Å². The lowest BCUT2D eigenvalue weighted by atomic mass is 10.1. The quantitative estimate of drug-likeness (QED) is 0.237. The van der Waals surface area contributed by atoms with E-state index < -0.39 is 0 Å². The molecule has 0 spiro atoms. The van der Waals surface area contributed by atoms with Crippen molar-refractivity contribution < 1.29 is 14.3 Å². The zero-order chi connectivity index (χ0) is 20.5. The Hall–Kier alpha value is -2.99. The molecule has 5 nitrogen and oxygen atoms in total. The van der Waals surface area contributed by atoms with Crippen LogP contribution in [-0.4, -0.2) is 31.1 Å². The number of hydrogen-bond donors (Lipinski definition) is 1. The number of carbonyl (C=O) groups is 1. The molecule has 3 aromatic carbocycles. The maximum atomic E-state index is 10.9. The van der Waals surface area contributed by atoms with Crippen LogP contribution < -0.4 is 14.9 Å². The molecular weight excluding hydrogens is 384 g/mol. The zero-order valence-electron chi connectivity index (χ0n) is 16.6. The molecule has 1 N–H and O–H groups in total. The van der Waals surface area contributed by atoms with Crippen LogP contribution in [0.15, 0.2) is 70.7 Å². The third-order valence-corrected chi connectivity index (χ3v) is 5.09. The molecule has 0 atom stereocenters. The van der Waals surface area contributed by atoms with Crippen LogP contribution >= 0.6 is 11.8 Å². The van der Waals surface area contributed by atoms with E-state index in [1.807, 2.05) is 25.1 Å². The summed E-state index contributed by atoms with van der Waals surface area (Å²) in [5.74, 6) is 1.97. The summed E-state index contributed by atoms with van der Waals surface area (Å²) in [7, 11) is 0. The minimum atomic E-state index is -0.213. The fraction of sp³-hybridized carbons (Fsp3) is 0.217. The van der Waals surface area contributed by atoms with E-state index in [2.05, 4.69) is 53.0 Å². The molecule has 0 radical (unpaired) electrons. The van der Waals surface area contributed by atoms with Gasteiger partial charge in [0.15, 0.2) is 11.5 Å². The van der Waals surface area contributed by atoms with Gasteiger partial charge in [-0.05, 0) is 47.5 Å². The normalized spacial score (nSPS) is 11.0. The predicted molar refractivity (Wildman–Crippen MR) is 119 cm³/mol. The molecule has 0 unspecified atom stereocenters. The molecule has 0 fully saturated rings. The summed E-state index contributed by atoms with van der Waals surface area (Å²) in [5.41, 5.74) is 3.20. The van der Waals surface area contributed by atoms with Crippen molar-refractivity contribution in [2.75, 3.05) is 19.0 Å². The van der Waals surface area contributed by atoms with Gasteiger partial charge in [0.25, 0.3) is 0 Å². The van der Waals surface area contributed by atoms with Gasteiger partial charge in [0.05, 0.1) is 19.4 Å². The second-order valence-electron chi connectivity index (χ2n) is 6.24. The zero-order valence-corrected chi connectivity index (χ0v) is 17.4. The van der Waals surface area contributed by atoms with Gasteiger partial charge in [0.1, 0.15) is 0 Å². The van der Waals surface area contributed by atoms with Crippen molar-refractivity contribution in [3.8, 4) is 11.5 Å². The van der Waals surface area contributed by atoms with Crippen molar-refractivity contribution in [1.82, 2.24) is 5.43 Å². The van der Waals surface area contributed by atoms with Crippen molar-refractivity contribution in [2.45, 2.75) is 18.7 Å². The standard InChI is InChI=1S/C23H24N2O3S/c1-3-27-22-15-18(16-24-25-17(2)26)11-12-21(22)28-13-14-29-23-10-6-8-19-7-4-5-9-20(19)23/h4-12,15-16H,3,13-14H2,1-2H3,(H,25,26). The molecule has 0 aliphatic carbocycles. The molecule has 0 heterocycles. The van der Waals surface area contributed by atoms with Gasteiger partial charge >= 0.3 is 0 Å². The highest BCUT2D eigenvalue weighted by atomic mass is 32.2. The molecule has 6 heteroatoms. The smallest absolute Gasteiger partial charge is 0.236 e. The van der Waals surface area contributed by atoms with Gasteiger partial charge in [-0.3, -0.25) is 4.79 Å². The number of thioether (sulfide) groups is 1. The summed E-state index contributed by atoms with van der Waals surface area (Å²) < 4.78 is 11.7. The number of hydrazone groups is 1. The van der Waals surface area contributed by atoms with E-state index in [0.29, 0.717) is 24.7 Å². The van der Waals surface area contributed by atoms with E-state index in [4.69, 9.17) is 9.47 Å². The van der Waals surface area contributed by atoms with Crippen LogP contribution in [0.1, 0.15) is 19.4 Å². The Balaban J connectivity index is 1.60. The van der Waals surface area contributed by atoms with Gasteiger partial charge < -0.3 is 9.47 Å². The number of rotatable bonds is 9. The summed E-state index contributed by atoms with van der Waals surface area (Å²) in [6.07, 6.45) is 1.57. The molecule has 0 aliphatic heterocycles. The Bertz CT molecular complexity index is 999. The molecule has 3 aromatic rings. The summed E-state index contributed by atoms with van der Waals surface area (Å²) in [6.45, 7) is 4.44. The Labute approximate surface area is 175 Å². The molecule has 29 heavy (non-hydrogen) atoms. The lowest BCUT2D eigenvalue weighted by molar-refractivity contribution is -0.118. The highest BCUT2D eigenvalue weighted by Crippen LogP contribution is 2.30. The number of nitrogens with one attached hydrogen (secondary N) is 1. The Morgan fingerprint density at radius 2 is 1.90 bits per heavy atom. The van der Waals surface area contributed by atoms with Crippen LogP contribution in [0.5, 0.6) is 11.5 Å². The highest BCUT2D eigenvalue weighted by Gasteiger charge is 2.07. The molecule has 1 amide bonds. The minimum absolute atomic E-state index is 0.213. The molecule has 0 aliphatic rings. The van der Waals surface area contributed by atoms with Crippen molar-refractivity contribution in [1.29, 1.82) is 0 Å². The molecule has 3 rings (SSSR count). The monoisotopic (exact) mass is 408 g/mol. The molecule has 150 valence electrons. The first-order chi connectivity index (χ1) is 14.2. The maximum Gasteiger partial charge on any atom is 0.236 e. The lowest BCUT2D eigenvalue weighted by Crippen LogP contribution is -2.12. The van der Waals surface area contributed by atoms with Crippen molar-refractivity contribution in [3.05, 3.63) is 66.2 Å². The summed E-state index contributed by atoms with van der Waals surface area (Å²) >= 11 is 1.78. The Kier molecular flexibility index (Phi) is 7.53. The topological polar surface area (TPSA) is 59.9 Å². The average molecular weight is 409 g/mol. The molecular formula is C23H24N2O3S. The fourth-order valence-corrected chi connectivity index (χ4v) is 3.72. The molecule has 0 saturated carbocycles. The average Bonchev–Trinajstić information content (AvgIpc) is 2.72. The number of carbonyl (C=O) groups excluding carboxylic acids is 1. The van der Waals surface area contributed by atoms with Crippen LogP contribution in [0.25, 0.3) is 10.8 Å². The van der Waals surface area contributed by atoms with E-state index in [1.165, 1.54) is 22.6 Å². The number of nitrogens with zero attached hydrogens (tertiary/aromatic N) is 1. The van der Waals surface area contributed by atoms with Gasteiger partial charge in [-0.1, -0.05) is 36.4 Å². The van der Waals surface area contributed by atoms with Crippen LogP contribution in [0, 0.1) is 0 Å². The largest absolute Gasteiger partial charge is 0.490 e. The first-order valence-corrected chi connectivity index (χ1v) is 10.5. The van der Waals surface area contributed by atoms with Gasteiger partial charge in [0.2, 0.25) is 5.91 Å². The number of amides is 1. The van der Waals surface area contributed by atoms with Crippen molar-refractivity contribution in [3.63, 3.8) is 0 Å². The molecule has 0 saturated heterocycles. The van der Waals surface area contributed by atoms with Gasteiger partial charge in [-0.25, -0.2) is 5.43 Å². The summed E-state index contributed by atoms with van der Waals surface area (Å²) in [6, 6.07) is 20.3. The van der Waals surface area contributed by atoms with E-state index in [-0.39, 0.29) is 5.91 Å². The van der Waals surface area contributed by atoms with E-state index in [0.717, 1.165) is 11.3 Å². The van der Waals surface area contributed by atoms with Crippen LogP contribution in [0.2, 0.25) is 0 Å².